The number of rotatable bonds is 6. The van der Waals surface area contributed by atoms with Crippen molar-refractivity contribution in [2.75, 3.05) is 7.11 Å². The standard InChI is InChI=1S/C18H24BNO/c1-14(2)20(15(3)16-8-6-5-7-9-16)19-17-10-12-18(21-4)13-11-17/h5-15,19H,1-4H3. The van der Waals surface area contributed by atoms with Gasteiger partial charge < -0.3 is 9.55 Å². The molecular formula is C18H24BNO. The molecule has 0 heterocycles. The molecule has 0 amide bonds. The van der Waals surface area contributed by atoms with Gasteiger partial charge in [0.05, 0.1) is 7.11 Å². The summed E-state index contributed by atoms with van der Waals surface area (Å²) in [5.74, 6) is 0.908. The fourth-order valence-corrected chi connectivity index (χ4v) is 2.63. The van der Waals surface area contributed by atoms with Crippen LogP contribution in [0.2, 0.25) is 0 Å². The molecule has 2 aromatic carbocycles. The Morgan fingerprint density at radius 1 is 0.905 bits per heavy atom. The predicted molar refractivity (Wildman–Crippen MR) is 91.6 cm³/mol. The van der Waals surface area contributed by atoms with Gasteiger partial charge in [0.1, 0.15) is 5.75 Å². The maximum atomic E-state index is 5.22. The molecular weight excluding hydrogens is 257 g/mol. The molecule has 21 heavy (non-hydrogen) atoms. The molecule has 0 aliphatic heterocycles. The van der Waals surface area contributed by atoms with Crippen molar-refractivity contribution >= 4 is 12.9 Å². The topological polar surface area (TPSA) is 12.5 Å². The first-order valence-electron chi connectivity index (χ1n) is 7.55. The summed E-state index contributed by atoms with van der Waals surface area (Å²) >= 11 is 0. The van der Waals surface area contributed by atoms with E-state index in [1.807, 2.05) is 12.1 Å². The first kappa shape index (κ1) is 15.6. The Kier molecular flexibility index (Phi) is 5.46. The number of methoxy groups -OCH3 is 1. The Morgan fingerprint density at radius 3 is 2.05 bits per heavy atom. The van der Waals surface area contributed by atoms with Crippen LogP contribution in [0.5, 0.6) is 5.75 Å². The Bertz CT molecular complexity index is 539. The smallest absolute Gasteiger partial charge is 0.239 e. The fraction of sp³-hybridized carbons (Fsp3) is 0.333. The highest BCUT2D eigenvalue weighted by Gasteiger charge is 2.19. The molecule has 0 radical (unpaired) electrons. The van der Waals surface area contributed by atoms with Crippen LogP contribution in [0.1, 0.15) is 32.4 Å². The lowest BCUT2D eigenvalue weighted by molar-refractivity contribution is 0.303. The largest absolute Gasteiger partial charge is 0.497 e. The van der Waals surface area contributed by atoms with Gasteiger partial charge in [-0.25, -0.2) is 0 Å². The summed E-state index contributed by atoms with van der Waals surface area (Å²) in [4.78, 5) is 2.51. The highest BCUT2D eigenvalue weighted by atomic mass is 16.5. The molecule has 0 saturated heterocycles. The predicted octanol–water partition coefficient (Wildman–Crippen LogP) is 3.14. The van der Waals surface area contributed by atoms with Gasteiger partial charge in [-0.3, -0.25) is 0 Å². The van der Waals surface area contributed by atoms with Gasteiger partial charge in [-0.15, -0.1) is 0 Å². The molecule has 2 aromatic rings. The molecule has 1 unspecified atom stereocenters. The van der Waals surface area contributed by atoms with Crippen LogP contribution < -0.4 is 10.2 Å². The van der Waals surface area contributed by atoms with Crippen LogP contribution >= 0.6 is 0 Å². The van der Waals surface area contributed by atoms with Crippen molar-refractivity contribution in [1.29, 1.82) is 0 Å². The molecule has 0 bridgehead atoms. The molecule has 2 nitrogen and oxygen atoms in total. The van der Waals surface area contributed by atoms with E-state index in [-0.39, 0.29) is 0 Å². The van der Waals surface area contributed by atoms with Crippen LogP contribution in [0.4, 0.5) is 0 Å². The molecule has 3 heteroatoms. The summed E-state index contributed by atoms with van der Waals surface area (Å²) < 4.78 is 5.22. The molecule has 0 aliphatic rings. The SMILES string of the molecule is COc1ccc(BN(C(C)C)C(C)c2ccccc2)cc1. The zero-order valence-corrected chi connectivity index (χ0v) is 13.4. The van der Waals surface area contributed by atoms with E-state index in [1.165, 1.54) is 11.0 Å². The van der Waals surface area contributed by atoms with E-state index < -0.39 is 0 Å². The number of benzene rings is 2. The first-order chi connectivity index (χ1) is 10.1. The molecule has 0 saturated carbocycles. The zero-order chi connectivity index (χ0) is 15.2. The molecule has 0 spiro atoms. The van der Waals surface area contributed by atoms with Crippen molar-refractivity contribution in [2.45, 2.75) is 32.9 Å². The van der Waals surface area contributed by atoms with E-state index >= 15 is 0 Å². The normalized spacial score (nSPS) is 12.5. The van der Waals surface area contributed by atoms with Gasteiger partial charge in [0.2, 0.25) is 7.41 Å². The van der Waals surface area contributed by atoms with Gasteiger partial charge in [-0.1, -0.05) is 61.8 Å². The minimum atomic E-state index is 0.397. The van der Waals surface area contributed by atoms with E-state index in [4.69, 9.17) is 4.74 Å². The minimum absolute atomic E-state index is 0.397. The second-order valence-corrected chi connectivity index (χ2v) is 5.70. The molecule has 2 rings (SSSR count). The Balaban J connectivity index is 2.15. The third kappa shape index (κ3) is 4.12. The summed E-state index contributed by atoms with van der Waals surface area (Å²) in [7, 11) is 2.64. The van der Waals surface area contributed by atoms with E-state index in [1.54, 1.807) is 7.11 Å². The summed E-state index contributed by atoms with van der Waals surface area (Å²) in [5.41, 5.74) is 2.67. The van der Waals surface area contributed by atoms with Gasteiger partial charge >= 0.3 is 0 Å². The summed E-state index contributed by atoms with van der Waals surface area (Å²) in [6.45, 7) is 6.78. The number of ether oxygens (including phenoxy) is 1. The monoisotopic (exact) mass is 281 g/mol. The molecule has 0 aliphatic carbocycles. The fourth-order valence-electron chi connectivity index (χ4n) is 2.63. The lowest BCUT2D eigenvalue weighted by Gasteiger charge is -2.33. The molecule has 110 valence electrons. The average molecular weight is 281 g/mol. The van der Waals surface area contributed by atoms with Crippen LogP contribution in [-0.2, 0) is 0 Å². The minimum Gasteiger partial charge on any atom is -0.497 e. The van der Waals surface area contributed by atoms with Gasteiger partial charge in [0, 0.05) is 6.04 Å². The van der Waals surface area contributed by atoms with Crippen molar-refractivity contribution in [1.82, 2.24) is 4.81 Å². The van der Waals surface area contributed by atoms with Crippen LogP contribution in [0.25, 0.3) is 0 Å². The van der Waals surface area contributed by atoms with E-state index in [2.05, 4.69) is 68.0 Å². The number of hydrogen-bond acceptors (Lipinski definition) is 2. The van der Waals surface area contributed by atoms with Crippen molar-refractivity contribution in [3.8, 4) is 5.75 Å². The molecule has 1 atom stereocenters. The quantitative estimate of drug-likeness (QED) is 0.754. The molecule has 0 aromatic heterocycles. The highest BCUT2D eigenvalue weighted by Crippen LogP contribution is 2.21. The maximum Gasteiger partial charge on any atom is 0.239 e. The van der Waals surface area contributed by atoms with E-state index in [0.29, 0.717) is 12.1 Å². The maximum absolute atomic E-state index is 5.22. The highest BCUT2D eigenvalue weighted by molar-refractivity contribution is 6.50. The van der Waals surface area contributed by atoms with Crippen LogP contribution in [-0.4, -0.2) is 25.4 Å². The van der Waals surface area contributed by atoms with Gasteiger partial charge in [0.25, 0.3) is 0 Å². The Labute approximate surface area is 129 Å². The third-order valence-electron chi connectivity index (χ3n) is 3.97. The van der Waals surface area contributed by atoms with Crippen molar-refractivity contribution < 1.29 is 4.74 Å². The second kappa shape index (κ2) is 7.32. The van der Waals surface area contributed by atoms with E-state index in [0.717, 1.165) is 13.2 Å². The zero-order valence-electron chi connectivity index (χ0n) is 13.4. The lowest BCUT2D eigenvalue weighted by atomic mass is 9.77. The van der Waals surface area contributed by atoms with Gasteiger partial charge in [-0.05, 0) is 30.7 Å². The average Bonchev–Trinajstić information content (AvgIpc) is 2.53. The Hall–Kier alpha value is -1.74. The summed E-state index contributed by atoms with van der Waals surface area (Å²) in [6.07, 6.45) is 0. The van der Waals surface area contributed by atoms with Crippen LogP contribution in [0, 0.1) is 0 Å². The number of hydrogen-bond donors (Lipinski definition) is 0. The molecule has 0 N–H and O–H groups in total. The van der Waals surface area contributed by atoms with Crippen LogP contribution in [0.3, 0.4) is 0 Å². The van der Waals surface area contributed by atoms with Crippen molar-refractivity contribution in [2.24, 2.45) is 0 Å². The van der Waals surface area contributed by atoms with Gasteiger partial charge in [0.15, 0.2) is 0 Å². The second-order valence-electron chi connectivity index (χ2n) is 5.70. The molecule has 0 fully saturated rings. The summed E-state index contributed by atoms with van der Waals surface area (Å²) in [6, 6.07) is 19.9. The number of nitrogens with zero attached hydrogens (tertiary/aromatic N) is 1. The third-order valence-corrected chi connectivity index (χ3v) is 3.97. The first-order valence-corrected chi connectivity index (χ1v) is 7.55. The lowest BCUT2D eigenvalue weighted by Crippen LogP contribution is -2.42. The van der Waals surface area contributed by atoms with E-state index in [9.17, 15) is 0 Å². The van der Waals surface area contributed by atoms with Crippen molar-refractivity contribution in [3.63, 3.8) is 0 Å². The summed E-state index contributed by atoms with van der Waals surface area (Å²) in [5, 5.41) is 0. The Morgan fingerprint density at radius 2 is 1.52 bits per heavy atom. The van der Waals surface area contributed by atoms with Crippen LogP contribution in [0.15, 0.2) is 54.6 Å². The van der Waals surface area contributed by atoms with Crippen molar-refractivity contribution in [3.05, 3.63) is 60.2 Å². The van der Waals surface area contributed by atoms with Gasteiger partial charge in [-0.2, -0.15) is 0 Å².